The van der Waals surface area contributed by atoms with Gasteiger partial charge in [-0.1, -0.05) is 30.3 Å². The van der Waals surface area contributed by atoms with Gasteiger partial charge in [0.1, 0.15) is 5.75 Å². The second kappa shape index (κ2) is 9.99. The number of para-hydroxylation sites is 1. The number of carbonyl (C=O) groups is 1. The summed E-state index contributed by atoms with van der Waals surface area (Å²) in [7, 11) is 4.81. The van der Waals surface area contributed by atoms with Crippen LogP contribution in [0.3, 0.4) is 0 Å². The van der Waals surface area contributed by atoms with Crippen LogP contribution in [0, 0.1) is 0 Å². The molecule has 33 heavy (non-hydrogen) atoms. The van der Waals surface area contributed by atoms with Crippen molar-refractivity contribution in [3.8, 4) is 17.2 Å². The largest absolute Gasteiger partial charge is 0.497 e. The minimum Gasteiger partial charge on any atom is -0.497 e. The molecule has 1 atom stereocenters. The third kappa shape index (κ3) is 4.87. The molecular formula is C26H27N3O4. The van der Waals surface area contributed by atoms with E-state index in [1.54, 1.807) is 27.4 Å². The smallest absolute Gasteiger partial charge is 0.319 e. The predicted octanol–water partition coefficient (Wildman–Crippen LogP) is 5.15. The first-order chi connectivity index (χ1) is 16.1. The lowest BCUT2D eigenvalue weighted by molar-refractivity contribution is 0.252. The number of amides is 2. The molecule has 0 aliphatic rings. The van der Waals surface area contributed by atoms with Gasteiger partial charge >= 0.3 is 6.03 Å². The number of hydrogen-bond acceptors (Lipinski definition) is 4. The number of aromatic nitrogens is 1. The molecule has 4 rings (SSSR count). The van der Waals surface area contributed by atoms with Crippen LogP contribution in [-0.4, -0.2) is 38.9 Å². The summed E-state index contributed by atoms with van der Waals surface area (Å²) in [5.41, 5.74) is 3.78. The Kier molecular flexibility index (Phi) is 6.69. The number of aromatic amines is 1. The Morgan fingerprint density at radius 1 is 0.909 bits per heavy atom. The SMILES string of the molecule is COc1cccc(NC(=O)NCC(c2ccc(OC)c(OC)c2)c2c[nH]c3ccccc23)c1. The molecule has 3 N–H and O–H groups in total. The predicted molar refractivity (Wildman–Crippen MR) is 130 cm³/mol. The number of urea groups is 1. The number of benzene rings is 3. The lowest BCUT2D eigenvalue weighted by Crippen LogP contribution is -2.32. The molecule has 4 aromatic rings. The van der Waals surface area contributed by atoms with Gasteiger partial charge in [0.25, 0.3) is 0 Å². The highest BCUT2D eigenvalue weighted by Gasteiger charge is 2.21. The first kappa shape index (κ1) is 22.1. The number of anilines is 1. The molecular weight excluding hydrogens is 418 g/mol. The number of carbonyl (C=O) groups excluding carboxylic acids is 1. The summed E-state index contributed by atoms with van der Waals surface area (Å²) in [6.07, 6.45) is 1.99. The van der Waals surface area contributed by atoms with Gasteiger partial charge in [0.15, 0.2) is 11.5 Å². The Labute approximate surface area is 192 Å². The van der Waals surface area contributed by atoms with Crippen molar-refractivity contribution in [2.24, 2.45) is 0 Å². The minimum atomic E-state index is -0.298. The van der Waals surface area contributed by atoms with Crippen LogP contribution in [0.25, 0.3) is 10.9 Å². The molecule has 0 radical (unpaired) electrons. The average molecular weight is 446 g/mol. The normalized spacial score (nSPS) is 11.6. The van der Waals surface area contributed by atoms with Gasteiger partial charge in [-0.2, -0.15) is 0 Å². The number of hydrogen-bond donors (Lipinski definition) is 3. The van der Waals surface area contributed by atoms with Crippen molar-refractivity contribution >= 4 is 22.6 Å². The summed E-state index contributed by atoms with van der Waals surface area (Å²) >= 11 is 0. The van der Waals surface area contributed by atoms with E-state index in [2.05, 4.69) is 21.7 Å². The van der Waals surface area contributed by atoms with Gasteiger partial charge in [-0.25, -0.2) is 4.79 Å². The highest BCUT2D eigenvalue weighted by Crippen LogP contribution is 2.35. The maximum absolute atomic E-state index is 12.7. The van der Waals surface area contributed by atoms with E-state index >= 15 is 0 Å². The summed E-state index contributed by atoms with van der Waals surface area (Å²) in [6, 6.07) is 20.9. The molecule has 3 aromatic carbocycles. The number of fused-ring (bicyclic) bond motifs is 1. The van der Waals surface area contributed by atoms with Crippen LogP contribution in [0.15, 0.2) is 72.9 Å². The van der Waals surface area contributed by atoms with E-state index in [1.165, 1.54) is 0 Å². The lowest BCUT2D eigenvalue weighted by atomic mass is 9.90. The van der Waals surface area contributed by atoms with E-state index in [0.717, 1.165) is 22.0 Å². The Bertz CT molecular complexity index is 1250. The fraction of sp³-hybridized carbons (Fsp3) is 0.192. The number of methoxy groups -OCH3 is 3. The molecule has 0 fully saturated rings. The highest BCUT2D eigenvalue weighted by molar-refractivity contribution is 5.90. The van der Waals surface area contributed by atoms with E-state index in [0.29, 0.717) is 29.5 Å². The topological polar surface area (TPSA) is 84.6 Å². The van der Waals surface area contributed by atoms with Crippen molar-refractivity contribution < 1.29 is 19.0 Å². The molecule has 7 heteroatoms. The molecule has 0 saturated carbocycles. The van der Waals surface area contributed by atoms with Crippen LogP contribution in [0.2, 0.25) is 0 Å². The van der Waals surface area contributed by atoms with Gasteiger partial charge in [0.05, 0.1) is 21.3 Å². The van der Waals surface area contributed by atoms with Crippen LogP contribution < -0.4 is 24.8 Å². The molecule has 2 amide bonds. The maximum Gasteiger partial charge on any atom is 0.319 e. The molecule has 0 aliphatic carbocycles. The molecule has 170 valence electrons. The number of rotatable bonds is 8. The Balaban J connectivity index is 1.61. The van der Waals surface area contributed by atoms with Crippen LogP contribution in [0.5, 0.6) is 17.2 Å². The summed E-state index contributed by atoms with van der Waals surface area (Å²) in [5, 5.41) is 6.98. The van der Waals surface area contributed by atoms with E-state index < -0.39 is 0 Å². The summed E-state index contributed by atoms with van der Waals surface area (Å²) in [4.78, 5) is 16.0. The molecule has 0 aliphatic heterocycles. The number of H-pyrrole nitrogens is 1. The van der Waals surface area contributed by atoms with Crippen LogP contribution >= 0.6 is 0 Å². The summed E-state index contributed by atoms with van der Waals surface area (Å²) in [5.74, 6) is 1.86. The van der Waals surface area contributed by atoms with Gasteiger partial charge in [-0.15, -0.1) is 0 Å². The molecule has 1 unspecified atom stereocenters. The molecule has 0 spiro atoms. The minimum absolute atomic E-state index is 0.114. The number of nitrogens with one attached hydrogen (secondary N) is 3. The van der Waals surface area contributed by atoms with E-state index in [1.807, 2.05) is 60.8 Å². The van der Waals surface area contributed by atoms with Gasteiger partial charge in [-0.3, -0.25) is 0 Å². The highest BCUT2D eigenvalue weighted by atomic mass is 16.5. The van der Waals surface area contributed by atoms with Gasteiger partial charge < -0.3 is 29.8 Å². The quantitative estimate of drug-likeness (QED) is 0.350. The molecule has 0 saturated heterocycles. The van der Waals surface area contributed by atoms with Crippen molar-refractivity contribution in [1.82, 2.24) is 10.3 Å². The second-order valence-electron chi connectivity index (χ2n) is 7.52. The zero-order chi connectivity index (χ0) is 23.2. The zero-order valence-electron chi connectivity index (χ0n) is 18.8. The van der Waals surface area contributed by atoms with E-state index in [4.69, 9.17) is 14.2 Å². The second-order valence-corrected chi connectivity index (χ2v) is 7.52. The summed E-state index contributed by atoms with van der Waals surface area (Å²) < 4.78 is 16.1. The van der Waals surface area contributed by atoms with Crippen molar-refractivity contribution in [3.05, 3.63) is 84.1 Å². The maximum atomic E-state index is 12.7. The molecule has 1 heterocycles. The zero-order valence-corrected chi connectivity index (χ0v) is 18.8. The Morgan fingerprint density at radius 2 is 1.73 bits per heavy atom. The van der Waals surface area contributed by atoms with Crippen molar-refractivity contribution in [1.29, 1.82) is 0 Å². The molecule has 1 aromatic heterocycles. The fourth-order valence-corrected chi connectivity index (χ4v) is 3.93. The third-order valence-electron chi connectivity index (χ3n) is 5.60. The van der Waals surface area contributed by atoms with E-state index in [-0.39, 0.29) is 11.9 Å². The standard InChI is InChI=1S/C26H27N3O4/c1-31-19-8-6-7-18(14-19)29-26(30)28-15-21(17-11-12-24(32-2)25(13-17)33-3)22-16-27-23-10-5-4-9-20(22)23/h4-14,16,21,27H,15H2,1-3H3,(H2,28,29,30). The molecule has 0 bridgehead atoms. The first-order valence-corrected chi connectivity index (χ1v) is 10.6. The van der Waals surface area contributed by atoms with Crippen LogP contribution in [0.4, 0.5) is 10.5 Å². The third-order valence-corrected chi connectivity index (χ3v) is 5.60. The van der Waals surface area contributed by atoms with Crippen molar-refractivity contribution in [3.63, 3.8) is 0 Å². The van der Waals surface area contributed by atoms with Crippen LogP contribution in [0.1, 0.15) is 17.0 Å². The average Bonchev–Trinajstić information content (AvgIpc) is 3.28. The number of ether oxygens (including phenoxy) is 3. The first-order valence-electron chi connectivity index (χ1n) is 10.6. The fourth-order valence-electron chi connectivity index (χ4n) is 3.93. The van der Waals surface area contributed by atoms with Crippen molar-refractivity contribution in [2.45, 2.75) is 5.92 Å². The van der Waals surface area contributed by atoms with Gasteiger partial charge in [-0.05, 0) is 41.5 Å². The Hall–Kier alpha value is -4.13. The van der Waals surface area contributed by atoms with Crippen molar-refractivity contribution in [2.75, 3.05) is 33.2 Å². The Morgan fingerprint density at radius 3 is 2.52 bits per heavy atom. The van der Waals surface area contributed by atoms with Crippen LogP contribution in [-0.2, 0) is 0 Å². The van der Waals surface area contributed by atoms with Gasteiger partial charge in [0.2, 0.25) is 0 Å². The lowest BCUT2D eigenvalue weighted by Gasteiger charge is -2.20. The monoisotopic (exact) mass is 445 g/mol. The van der Waals surface area contributed by atoms with E-state index in [9.17, 15) is 4.79 Å². The molecule has 7 nitrogen and oxygen atoms in total. The summed E-state index contributed by atoms with van der Waals surface area (Å²) in [6.45, 7) is 0.382. The van der Waals surface area contributed by atoms with Gasteiger partial charge in [0, 0.05) is 41.3 Å².